The SMILES string of the molecule is Cc1cccc(C)c1[N]=[Fe]=[N]c1c(C)cccc1C.Cl.O=C(c1ccccc1)c1cccc(C(=O)c2ccccc2)n1. The second kappa shape index (κ2) is 15.7. The van der Waals surface area contributed by atoms with Crippen LogP contribution in [0, 0.1) is 27.7 Å². The molecule has 0 saturated heterocycles. The summed E-state index contributed by atoms with van der Waals surface area (Å²) in [5, 5.41) is 0. The second-order valence-corrected chi connectivity index (χ2v) is 10.2. The third-order valence-electron chi connectivity index (χ3n) is 6.39. The number of ketones is 2. The van der Waals surface area contributed by atoms with Gasteiger partial charge < -0.3 is 0 Å². The number of aryl methyl sites for hydroxylation is 4. The Kier molecular flexibility index (Phi) is 12.1. The van der Waals surface area contributed by atoms with Crippen molar-refractivity contribution < 1.29 is 24.2 Å². The molecule has 5 nitrogen and oxygen atoms in total. The van der Waals surface area contributed by atoms with Gasteiger partial charge in [0.1, 0.15) is 11.4 Å². The Hall–Kier alpha value is -4.22. The number of hydrogen-bond donors (Lipinski definition) is 0. The third-order valence-corrected chi connectivity index (χ3v) is 7.11. The fourth-order valence-corrected chi connectivity index (χ4v) is 5.17. The molecule has 0 atom stereocenters. The van der Waals surface area contributed by atoms with E-state index in [4.69, 9.17) is 0 Å². The number of aromatic nitrogens is 1. The summed E-state index contributed by atoms with van der Waals surface area (Å²) in [6.45, 7) is 8.35. The molecule has 0 saturated carbocycles. The van der Waals surface area contributed by atoms with E-state index < -0.39 is 0 Å². The minimum absolute atomic E-state index is 0. The second-order valence-electron chi connectivity index (χ2n) is 9.51. The summed E-state index contributed by atoms with van der Waals surface area (Å²) in [5.41, 5.74) is 8.61. The normalized spacial score (nSPS) is 10.0. The largest absolute Gasteiger partial charge is 0.287 e. The molecule has 0 radical (unpaired) electrons. The number of halogens is 1. The smallest absolute Gasteiger partial charge is 0.211 e. The number of nitrogens with zero attached hydrogens (tertiary/aromatic N) is 3. The Labute approximate surface area is 259 Å². The van der Waals surface area contributed by atoms with Gasteiger partial charge in [-0.3, -0.25) is 9.59 Å². The molecule has 0 bridgehead atoms. The van der Waals surface area contributed by atoms with Gasteiger partial charge >= 0.3 is 120 Å². The number of carbonyl (C=O) groups is 2. The number of rotatable bonds is 6. The van der Waals surface area contributed by atoms with Crippen molar-refractivity contribution in [1.29, 1.82) is 0 Å². The molecule has 0 amide bonds. The minimum atomic E-state index is -0.191. The quantitative estimate of drug-likeness (QED) is 0.141. The van der Waals surface area contributed by atoms with Crippen LogP contribution in [-0.2, 0) is 14.6 Å². The van der Waals surface area contributed by atoms with E-state index in [1.807, 2.05) is 12.1 Å². The molecular weight excluding hydrogens is 586 g/mol. The van der Waals surface area contributed by atoms with Gasteiger partial charge in [0.2, 0.25) is 11.6 Å². The van der Waals surface area contributed by atoms with Crippen LogP contribution in [0.5, 0.6) is 0 Å². The topological polar surface area (TPSA) is 71.8 Å². The van der Waals surface area contributed by atoms with Gasteiger partial charge in [0, 0.05) is 11.1 Å². The number of carbonyl (C=O) groups excluding carboxylic acids is 2. The fraction of sp³-hybridized carbons (Fsp3) is 0.114. The summed E-state index contributed by atoms with van der Waals surface area (Å²) in [7, 11) is 0. The Morgan fingerprint density at radius 3 is 1.19 bits per heavy atom. The Balaban J connectivity index is 0.000000228. The van der Waals surface area contributed by atoms with Crippen molar-refractivity contribution in [2.24, 2.45) is 7.92 Å². The molecule has 0 spiro atoms. The van der Waals surface area contributed by atoms with Crippen LogP contribution in [0.25, 0.3) is 0 Å². The molecule has 0 unspecified atom stereocenters. The Bertz CT molecular complexity index is 1590. The molecule has 0 aliphatic heterocycles. The van der Waals surface area contributed by atoms with Gasteiger partial charge in [-0.25, -0.2) is 4.98 Å². The van der Waals surface area contributed by atoms with Gasteiger partial charge in [0.25, 0.3) is 0 Å². The van der Waals surface area contributed by atoms with E-state index in [1.165, 1.54) is 22.3 Å². The van der Waals surface area contributed by atoms with Gasteiger partial charge in [-0.2, -0.15) is 0 Å². The van der Waals surface area contributed by atoms with Crippen LogP contribution < -0.4 is 0 Å². The van der Waals surface area contributed by atoms with E-state index in [0.29, 0.717) is 25.7 Å². The molecule has 0 N–H and O–H groups in total. The first-order valence-corrected chi connectivity index (χ1v) is 14.2. The molecular formula is C35H32ClFeN3O2. The van der Waals surface area contributed by atoms with Crippen molar-refractivity contribution in [2.75, 3.05) is 0 Å². The maximum Gasteiger partial charge on any atom is 0.211 e. The number of hydrogen-bond acceptors (Lipinski definition) is 5. The van der Waals surface area contributed by atoms with Crippen molar-refractivity contribution in [2.45, 2.75) is 27.7 Å². The fourth-order valence-electron chi connectivity index (χ4n) is 4.11. The molecule has 214 valence electrons. The van der Waals surface area contributed by atoms with Crippen molar-refractivity contribution in [3.05, 3.63) is 160 Å². The van der Waals surface area contributed by atoms with Crippen LogP contribution >= 0.6 is 12.4 Å². The molecule has 4 aromatic carbocycles. The summed E-state index contributed by atoms with van der Waals surface area (Å²) >= 11 is 0.484. The zero-order valence-electron chi connectivity index (χ0n) is 23.9. The summed E-state index contributed by atoms with van der Waals surface area (Å²) in [6, 6.07) is 35.2. The maximum absolute atomic E-state index is 12.4. The number of benzene rings is 4. The van der Waals surface area contributed by atoms with Crippen LogP contribution in [0.15, 0.2) is 123 Å². The van der Waals surface area contributed by atoms with E-state index in [2.05, 4.69) is 77.0 Å². The molecule has 1 aromatic heterocycles. The molecule has 0 aliphatic carbocycles. The monoisotopic (exact) mass is 617 g/mol. The van der Waals surface area contributed by atoms with Crippen LogP contribution in [0.1, 0.15) is 54.4 Å². The minimum Gasteiger partial charge on any atom is -0.287 e. The van der Waals surface area contributed by atoms with Gasteiger partial charge in [-0.15, -0.1) is 12.4 Å². The van der Waals surface area contributed by atoms with Crippen molar-refractivity contribution in [3.8, 4) is 0 Å². The molecule has 1 heterocycles. The summed E-state index contributed by atoms with van der Waals surface area (Å²) < 4.78 is 9.23. The first-order valence-electron chi connectivity index (χ1n) is 13.2. The Morgan fingerprint density at radius 2 is 0.833 bits per heavy atom. The molecule has 5 rings (SSSR count). The van der Waals surface area contributed by atoms with Crippen LogP contribution in [-0.4, -0.2) is 16.6 Å². The van der Waals surface area contributed by atoms with Gasteiger partial charge in [-0.1, -0.05) is 66.7 Å². The van der Waals surface area contributed by atoms with Gasteiger partial charge in [0.15, 0.2) is 0 Å². The molecule has 5 aromatic rings. The van der Waals surface area contributed by atoms with Crippen LogP contribution in [0.3, 0.4) is 0 Å². The average Bonchev–Trinajstić information content (AvgIpc) is 3.00. The first-order chi connectivity index (χ1) is 19.8. The van der Waals surface area contributed by atoms with E-state index in [0.717, 1.165) is 11.4 Å². The van der Waals surface area contributed by atoms with E-state index in [9.17, 15) is 9.59 Å². The maximum atomic E-state index is 12.4. The first kappa shape index (κ1) is 32.3. The zero-order valence-corrected chi connectivity index (χ0v) is 25.8. The summed E-state index contributed by atoms with van der Waals surface area (Å²) in [5.74, 6) is -0.383. The van der Waals surface area contributed by atoms with E-state index in [1.54, 1.807) is 66.7 Å². The molecule has 7 heteroatoms. The predicted octanol–water partition coefficient (Wildman–Crippen LogP) is 9.30. The standard InChI is InChI=1S/C19H13NO2.2C8H9N.ClH.Fe/c21-18(14-8-3-1-4-9-14)16-12-7-13-17(20-16)19(22)15-10-5-2-6-11-15;2*1-6-4-3-5-7(2)8(6)9;;/h1-13H;2*3-5H,1-2H3;1H;. The van der Waals surface area contributed by atoms with Crippen LogP contribution in [0.2, 0.25) is 0 Å². The van der Waals surface area contributed by atoms with Gasteiger partial charge in [0.05, 0.1) is 0 Å². The van der Waals surface area contributed by atoms with Crippen molar-refractivity contribution in [1.82, 2.24) is 4.98 Å². The predicted molar refractivity (Wildman–Crippen MR) is 167 cm³/mol. The average molecular weight is 618 g/mol. The van der Waals surface area contributed by atoms with Crippen molar-refractivity contribution >= 4 is 35.3 Å². The van der Waals surface area contributed by atoms with Crippen LogP contribution in [0.4, 0.5) is 11.4 Å². The zero-order chi connectivity index (χ0) is 29.2. The molecule has 0 aliphatic rings. The van der Waals surface area contributed by atoms with Gasteiger partial charge in [-0.05, 0) is 12.1 Å². The third kappa shape index (κ3) is 8.40. The molecule has 42 heavy (non-hydrogen) atoms. The Morgan fingerprint density at radius 1 is 0.500 bits per heavy atom. The molecule has 0 fully saturated rings. The summed E-state index contributed by atoms with van der Waals surface area (Å²) in [4.78, 5) is 29.0. The number of pyridine rings is 1. The summed E-state index contributed by atoms with van der Waals surface area (Å²) in [6.07, 6.45) is 0. The van der Waals surface area contributed by atoms with E-state index >= 15 is 0 Å². The van der Waals surface area contributed by atoms with E-state index in [-0.39, 0.29) is 35.4 Å². The van der Waals surface area contributed by atoms with Crippen molar-refractivity contribution in [3.63, 3.8) is 0 Å².